The van der Waals surface area contributed by atoms with E-state index in [0.717, 1.165) is 44.0 Å². The number of rotatable bonds is 3. The first kappa shape index (κ1) is 12.3. The molecule has 0 unspecified atom stereocenters. The second-order valence-corrected chi connectivity index (χ2v) is 4.59. The maximum absolute atomic E-state index is 11.5. The largest absolute Gasteiger partial charge is 0.379 e. The fourth-order valence-corrected chi connectivity index (χ4v) is 2.16. The van der Waals surface area contributed by atoms with Gasteiger partial charge >= 0.3 is 0 Å². The van der Waals surface area contributed by atoms with Gasteiger partial charge in [-0.1, -0.05) is 12.1 Å². The third-order valence-electron chi connectivity index (χ3n) is 3.19. The molecule has 1 fully saturated rings. The number of carbonyl (C=O) groups is 1. The van der Waals surface area contributed by atoms with E-state index in [1.807, 2.05) is 19.1 Å². The van der Waals surface area contributed by atoms with E-state index in [1.165, 1.54) is 5.56 Å². The summed E-state index contributed by atoms with van der Waals surface area (Å²) in [4.78, 5) is 13.8. The molecule has 0 amide bonds. The van der Waals surface area contributed by atoms with Gasteiger partial charge in [-0.05, 0) is 31.0 Å². The van der Waals surface area contributed by atoms with Gasteiger partial charge < -0.3 is 4.74 Å². The molecule has 1 aromatic carbocycles. The van der Waals surface area contributed by atoms with Crippen molar-refractivity contribution in [3.8, 4) is 0 Å². The molecule has 92 valence electrons. The predicted octanol–water partition coefficient (Wildman–Crippen LogP) is 2.03. The fourth-order valence-electron chi connectivity index (χ4n) is 2.16. The first-order valence-electron chi connectivity index (χ1n) is 6.07. The average molecular weight is 233 g/mol. The predicted molar refractivity (Wildman–Crippen MR) is 67.3 cm³/mol. The van der Waals surface area contributed by atoms with Gasteiger partial charge in [0.25, 0.3) is 0 Å². The van der Waals surface area contributed by atoms with Crippen molar-refractivity contribution in [2.45, 2.75) is 20.4 Å². The molecule has 0 bridgehead atoms. The highest BCUT2D eigenvalue weighted by molar-refractivity contribution is 5.95. The lowest BCUT2D eigenvalue weighted by atomic mass is 10.0. The summed E-state index contributed by atoms with van der Waals surface area (Å²) in [5, 5.41) is 0. The molecule has 2 rings (SSSR count). The molecule has 1 aliphatic heterocycles. The number of ketones is 1. The van der Waals surface area contributed by atoms with Crippen LogP contribution in [0, 0.1) is 6.92 Å². The van der Waals surface area contributed by atoms with E-state index in [2.05, 4.69) is 11.0 Å². The van der Waals surface area contributed by atoms with Crippen molar-refractivity contribution >= 4 is 5.78 Å². The van der Waals surface area contributed by atoms with Crippen molar-refractivity contribution in [3.05, 3.63) is 34.9 Å². The van der Waals surface area contributed by atoms with Gasteiger partial charge in [0.2, 0.25) is 0 Å². The summed E-state index contributed by atoms with van der Waals surface area (Å²) in [5.41, 5.74) is 3.11. The molecule has 3 heteroatoms. The molecule has 1 saturated heterocycles. The molecular formula is C14H19NO2. The van der Waals surface area contributed by atoms with E-state index in [1.54, 1.807) is 6.92 Å². The van der Waals surface area contributed by atoms with Crippen LogP contribution in [0.1, 0.15) is 28.4 Å². The number of Topliss-reactive ketones (excluding diaryl/α,β-unsaturated/α-hetero) is 1. The molecule has 1 heterocycles. The van der Waals surface area contributed by atoms with Gasteiger partial charge in [-0.25, -0.2) is 0 Å². The van der Waals surface area contributed by atoms with Crippen molar-refractivity contribution in [1.29, 1.82) is 0 Å². The van der Waals surface area contributed by atoms with Crippen molar-refractivity contribution < 1.29 is 9.53 Å². The number of aryl methyl sites for hydroxylation is 1. The van der Waals surface area contributed by atoms with Gasteiger partial charge in [-0.2, -0.15) is 0 Å². The minimum Gasteiger partial charge on any atom is -0.379 e. The van der Waals surface area contributed by atoms with Crippen LogP contribution in [0.4, 0.5) is 0 Å². The van der Waals surface area contributed by atoms with Crippen LogP contribution in [0.5, 0.6) is 0 Å². The summed E-state index contributed by atoms with van der Waals surface area (Å²) in [6, 6.07) is 6.16. The van der Waals surface area contributed by atoms with Crippen LogP contribution in [-0.2, 0) is 11.3 Å². The van der Waals surface area contributed by atoms with Gasteiger partial charge in [0.05, 0.1) is 13.2 Å². The molecule has 0 N–H and O–H groups in total. The van der Waals surface area contributed by atoms with Crippen LogP contribution >= 0.6 is 0 Å². The SMILES string of the molecule is CC(=O)c1cc(CN2CCOCC2)ccc1C. The molecule has 1 aromatic rings. The quantitative estimate of drug-likeness (QED) is 0.748. The molecule has 17 heavy (non-hydrogen) atoms. The number of benzene rings is 1. The Kier molecular flexibility index (Phi) is 3.92. The van der Waals surface area contributed by atoms with E-state index in [9.17, 15) is 4.79 Å². The topological polar surface area (TPSA) is 29.5 Å². The summed E-state index contributed by atoms with van der Waals surface area (Å²) >= 11 is 0. The lowest BCUT2D eigenvalue weighted by molar-refractivity contribution is 0.0342. The summed E-state index contributed by atoms with van der Waals surface area (Å²) in [5.74, 6) is 0.145. The van der Waals surface area contributed by atoms with Crippen LogP contribution in [0.3, 0.4) is 0 Å². The number of hydrogen-bond acceptors (Lipinski definition) is 3. The number of morpholine rings is 1. The number of carbonyl (C=O) groups excluding carboxylic acids is 1. The second-order valence-electron chi connectivity index (χ2n) is 4.59. The molecule has 0 aliphatic carbocycles. The van der Waals surface area contributed by atoms with Gasteiger partial charge in [0.15, 0.2) is 5.78 Å². The molecular weight excluding hydrogens is 214 g/mol. The smallest absolute Gasteiger partial charge is 0.160 e. The average Bonchev–Trinajstić information content (AvgIpc) is 2.32. The monoisotopic (exact) mass is 233 g/mol. The molecule has 3 nitrogen and oxygen atoms in total. The fraction of sp³-hybridized carbons (Fsp3) is 0.500. The van der Waals surface area contributed by atoms with Crippen molar-refractivity contribution in [2.75, 3.05) is 26.3 Å². The highest BCUT2D eigenvalue weighted by atomic mass is 16.5. The maximum Gasteiger partial charge on any atom is 0.160 e. The lowest BCUT2D eigenvalue weighted by Gasteiger charge is -2.26. The minimum absolute atomic E-state index is 0.145. The zero-order valence-electron chi connectivity index (χ0n) is 10.5. The Labute approximate surface area is 102 Å². The van der Waals surface area contributed by atoms with E-state index in [-0.39, 0.29) is 5.78 Å². The van der Waals surface area contributed by atoms with Crippen LogP contribution in [0.15, 0.2) is 18.2 Å². The van der Waals surface area contributed by atoms with Gasteiger partial charge in [0, 0.05) is 25.2 Å². The van der Waals surface area contributed by atoms with Crippen LogP contribution in [0.25, 0.3) is 0 Å². The zero-order chi connectivity index (χ0) is 12.3. The summed E-state index contributed by atoms with van der Waals surface area (Å²) in [6.07, 6.45) is 0. The van der Waals surface area contributed by atoms with Crippen molar-refractivity contribution in [2.24, 2.45) is 0 Å². The Morgan fingerprint density at radius 1 is 1.35 bits per heavy atom. The third kappa shape index (κ3) is 3.14. The Morgan fingerprint density at radius 3 is 2.71 bits per heavy atom. The summed E-state index contributed by atoms with van der Waals surface area (Å²) in [6.45, 7) is 8.09. The number of hydrogen-bond donors (Lipinski definition) is 0. The molecule has 0 spiro atoms. The molecule has 0 radical (unpaired) electrons. The molecule has 1 aliphatic rings. The highest BCUT2D eigenvalue weighted by Crippen LogP contribution is 2.14. The van der Waals surface area contributed by atoms with Gasteiger partial charge in [-0.15, -0.1) is 0 Å². The Balaban J connectivity index is 2.10. The Bertz CT molecular complexity index is 409. The Hall–Kier alpha value is -1.19. The number of ether oxygens (including phenoxy) is 1. The van der Waals surface area contributed by atoms with E-state index >= 15 is 0 Å². The third-order valence-corrected chi connectivity index (χ3v) is 3.19. The lowest BCUT2D eigenvalue weighted by Crippen LogP contribution is -2.35. The van der Waals surface area contributed by atoms with E-state index in [0.29, 0.717) is 0 Å². The Morgan fingerprint density at radius 2 is 2.06 bits per heavy atom. The van der Waals surface area contributed by atoms with Crippen LogP contribution in [-0.4, -0.2) is 37.0 Å². The van der Waals surface area contributed by atoms with Crippen molar-refractivity contribution in [3.63, 3.8) is 0 Å². The minimum atomic E-state index is 0.145. The second kappa shape index (κ2) is 5.43. The van der Waals surface area contributed by atoms with E-state index in [4.69, 9.17) is 4.74 Å². The standard InChI is InChI=1S/C14H19NO2/c1-11-3-4-13(9-14(11)12(2)16)10-15-5-7-17-8-6-15/h3-4,9H,5-8,10H2,1-2H3. The summed E-state index contributed by atoms with van der Waals surface area (Å²) < 4.78 is 5.32. The first-order chi connectivity index (χ1) is 8.16. The van der Waals surface area contributed by atoms with E-state index < -0.39 is 0 Å². The maximum atomic E-state index is 11.5. The van der Waals surface area contributed by atoms with Gasteiger partial charge in [0.1, 0.15) is 0 Å². The van der Waals surface area contributed by atoms with Crippen LogP contribution in [0.2, 0.25) is 0 Å². The van der Waals surface area contributed by atoms with Crippen LogP contribution < -0.4 is 0 Å². The number of nitrogens with zero attached hydrogens (tertiary/aromatic N) is 1. The van der Waals surface area contributed by atoms with Gasteiger partial charge in [-0.3, -0.25) is 9.69 Å². The molecule has 0 atom stereocenters. The van der Waals surface area contributed by atoms with Crippen molar-refractivity contribution in [1.82, 2.24) is 4.90 Å². The normalized spacial score (nSPS) is 17.1. The summed E-state index contributed by atoms with van der Waals surface area (Å²) in [7, 11) is 0. The molecule has 0 saturated carbocycles. The highest BCUT2D eigenvalue weighted by Gasteiger charge is 2.12. The zero-order valence-corrected chi connectivity index (χ0v) is 10.5. The molecule has 0 aromatic heterocycles. The first-order valence-corrected chi connectivity index (χ1v) is 6.07.